The Hall–Kier alpha value is -3.80. The van der Waals surface area contributed by atoms with E-state index >= 15 is 0 Å². The summed E-state index contributed by atoms with van der Waals surface area (Å²) in [5.74, 6) is 0.140. The van der Waals surface area contributed by atoms with Crippen molar-refractivity contribution in [3.63, 3.8) is 0 Å². The summed E-state index contributed by atoms with van der Waals surface area (Å²) in [7, 11) is 1.58. The summed E-state index contributed by atoms with van der Waals surface area (Å²) in [6.45, 7) is 3.76. The number of carbonyl (C=O) groups is 1. The summed E-state index contributed by atoms with van der Waals surface area (Å²) in [5.41, 5.74) is 2.85. The molecule has 3 aromatic rings. The van der Waals surface area contributed by atoms with Crippen LogP contribution in [0.15, 0.2) is 48.7 Å². The molecular formula is C24H24F3N5O4. The van der Waals surface area contributed by atoms with Gasteiger partial charge in [-0.15, -0.1) is 13.2 Å². The Labute approximate surface area is 205 Å². The number of hydrogen-bond donors (Lipinski definition) is 0. The number of methoxy groups -OCH3 is 1. The molecule has 0 aliphatic carbocycles. The van der Waals surface area contributed by atoms with Crippen molar-refractivity contribution in [1.82, 2.24) is 14.9 Å². The number of ether oxygens (including phenoxy) is 3. The predicted octanol–water partition coefficient (Wildman–Crippen LogP) is 3.68. The SMILES string of the molecule is COc1ccc2nccc(N3CCN(CC4CN(c5cccc(OC(F)(F)F)c5)C(=O)O4)CC3)c2n1. The van der Waals surface area contributed by atoms with Gasteiger partial charge in [0.05, 0.1) is 30.5 Å². The maximum Gasteiger partial charge on any atom is 0.573 e. The van der Waals surface area contributed by atoms with Gasteiger partial charge in [-0.05, 0) is 24.3 Å². The third-order valence-corrected chi connectivity index (χ3v) is 6.16. The number of pyridine rings is 2. The highest BCUT2D eigenvalue weighted by atomic mass is 19.4. The molecule has 4 heterocycles. The van der Waals surface area contributed by atoms with Crippen molar-refractivity contribution in [2.45, 2.75) is 12.5 Å². The zero-order valence-corrected chi connectivity index (χ0v) is 19.4. The molecule has 2 fully saturated rings. The van der Waals surface area contributed by atoms with Crippen molar-refractivity contribution in [3.8, 4) is 11.6 Å². The first-order valence-corrected chi connectivity index (χ1v) is 11.4. The maximum absolute atomic E-state index is 12.5. The summed E-state index contributed by atoms with van der Waals surface area (Å²) >= 11 is 0. The minimum Gasteiger partial charge on any atom is -0.481 e. The minimum absolute atomic E-state index is 0.243. The van der Waals surface area contributed by atoms with Gasteiger partial charge in [-0.3, -0.25) is 14.8 Å². The number of anilines is 2. The maximum atomic E-state index is 12.5. The lowest BCUT2D eigenvalue weighted by molar-refractivity contribution is -0.274. The average Bonchev–Trinajstić information content (AvgIpc) is 3.22. The van der Waals surface area contributed by atoms with Gasteiger partial charge >= 0.3 is 12.5 Å². The van der Waals surface area contributed by atoms with Crippen LogP contribution in [-0.4, -0.2) is 79.8 Å². The van der Waals surface area contributed by atoms with Crippen molar-refractivity contribution in [2.24, 2.45) is 0 Å². The van der Waals surface area contributed by atoms with Crippen molar-refractivity contribution < 1.29 is 32.2 Å². The average molecular weight is 503 g/mol. The zero-order chi connectivity index (χ0) is 25.3. The summed E-state index contributed by atoms with van der Waals surface area (Å²) in [6, 6.07) is 10.9. The zero-order valence-electron chi connectivity index (χ0n) is 19.4. The molecule has 0 radical (unpaired) electrons. The van der Waals surface area contributed by atoms with Crippen molar-refractivity contribution in [1.29, 1.82) is 0 Å². The number of amides is 1. The fourth-order valence-corrected chi connectivity index (χ4v) is 4.50. The monoisotopic (exact) mass is 503 g/mol. The molecule has 9 nitrogen and oxygen atoms in total. The van der Waals surface area contributed by atoms with Crippen LogP contribution < -0.4 is 19.3 Å². The van der Waals surface area contributed by atoms with Crippen LogP contribution in [-0.2, 0) is 4.74 Å². The van der Waals surface area contributed by atoms with Crippen LogP contribution in [0, 0.1) is 0 Å². The van der Waals surface area contributed by atoms with E-state index in [1.54, 1.807) is 25.4 Å². The molecule has 36 heavy (non-hydrogen) atoms. The van der Waals surface area contributed by atoms with E-state index in [1.165, 1.54) is 23.1 Å². The van der Waals surface area contributed by atoms with Gasteiger partial charge in [-0.2, -0.15) is 0 Å². The number of carbonyl (C=O) groups excluding carboxylic acids is 1. The standard InChI is InChI=1S/C24H24F3N5O4/c1-34-21-6-5-19-22(29-21)20(7-8-28-19)31-11-9-30(10-12-31)14-18-15-32(23(33)35-18)16-3-2-4-17(13-16)36-24(25,26)27/h2-8,13,18H,9-12,14-15H2,1H3. The first-order valence-electron chi connectivity index (χ1n) is 11.4. The molecule has 2 saturated heterocycles. The molecule has 0 N–H and O–H groups in total. The number of halogens is 3. The molecule has 0 spiro atoms. The topological polar surface area (TPSA) is 80.3 Å². The Morgan fingerprint density at radius 3 is 2.67 bits per heavy atom. The number of hydrogen-bond acceptors (Lipinski definition) is 8. The number of aromatic nitrogens is 2. The summed E-state index contributed by atoms with van der Waals surface area (Å²) < 4.78 is 52.4. The highest BCUT2D eigenvalue weighted by Crippen LogP contribution is 2.30. The highest BCUT2D eigenvalue weighted by Gasteiger charge is 2.35. The van der Waals surface area contributed by atoms with Gasteiger partial charge in [0.2, 0.25) is 5.88 Å². The lowest BCUT2D eigenvalue weighted by Crippen LogP contribution is -2.49. The second-order valence-corrected chi connectivity index (χ2v) is 8.50. The van der Waals surface area contributed by atoms with E-state index in [1.807, 2.05) is 12.1 Å². The quantitative estimate of drug-likeness (QED) is 0.504. The van der Waals surface area contributed by atoms with Gasteiger partial charge in [-0.25, -0.2) is 9.78 Å². The molecule has 1 amide bonds. The normalized spacial score (nSPS) is 19.0. The van der Waals surface area contributed by atoms with E-state index in [9.17, 15) is 18.0 Å². The van der Waals surface area contributed by atoms with Crippen LogP contribution in [0.4, 0.5) is 29.3 Å². The number of cyclic esters (lactones) is 1. The minimum atomic E-state index is -4.81. The van der Waals surface area contributed by atoms with E-state index in [4.69, 9.17) is 9.47 Å². The summed E-state index contributed by atoms with van der Waals surface area (Å²) in [5, 5.41) is 0. The second kappa shape index (κ2) is 9.69. The molecule has 0 bridgehead atoms. The summed E-state index contributed by atoms with van der Waals surface area (Å²) in [4.78, 5) is 27.2. The Kier molecular flexibility index (Phi) is 6.44. The highest BCUT2D eigenvalue weighted by molar-refractivity contribution is 5.90. The fourth-order valence-electron chi connectivity index (χ4n) is 4.50. The predicted molar refractivity (Wildman–Crippen MR) is 125 cm³/mol. The molecule has 2 aliphatic heterocycles. The van der Waals surface area contributed by atoms with E-state index < -0.39 is 18.6 Å². The van der Waals surface area contributed by atoms with Crippen molar-refractivity contribution in [2.75, 3.05) is 56.2 Å². The largest absolute Gasteiger partial charge is 0.573 e. The number of alkyl halides is 3. The Morgan fingerprint density at radius 2 is 1.92 bits per heavy atom. The van der Waals surface area contributed by atoms with E-state index in [0.717, 1.165) is 42.9 Å². The van der Waals surface area contributed by atoms with Crippen molar-refractivity contribution >= 4 is 28.5 Å². The van der Waals surface area contributed by atoms with Gasteiger partial charge in [0.25, 0.3) is 0 Å². The molecule has 1 unspecified atom stereocenters. The van der Waals surface area contributed by atoms with E-state index in [2.05, 4.69) is 24.5 Å². The molecule has 5 rings (SSSR count). The number of rotatable bonds is 6. The number of fused-ring (bicyclic) bond motifs is 1. The number of nitrogens with zero attached hydrogens (tertiary/aromatic N) is 5. The molecule has 0 saturated carbocycles. The van der Waals surface area contributed by atoms with E-state index in [0.29, 0.717) is 18.1 Å². The van der Waals surface area contributed by atoms with Crippen LogP contribution in [0.1, 0.15) is 0 Å². The van der Waals surface area contributed by atoms with Crippen LogP contribution in [0.5, 0.6) is 11.6 Å². The Bertz CT molecular complexity index is 1250. The van der Waals surface area contributed by atoms with Gasteiger partial charge in [0, 0.05) is 51.1 Å². The first kappa shape index (κ1) is 23.9. The lowest BCUT2D eigenvalue weighted by Gasteiger charge is -2.36. The molecule has 1 aromatic carbocycles. The van der Waals surface area contributed by atoms with E-state index in [-0.39, 0.29) is 12.3 Å². The van der Waals surface area contributed by atoms with Crippen LogP contribution in [0.3, 0.4) is 0 Å². The number of piperazine rings is 1. The van der Waals surface area contributed by atoms with Crippen LogP contribution in [0.2, 0.25) is 0 Å². The smallest absolute Gasteiger partial charge is 0.481 e. The van der Waals surface area contributed by atoms with Gasteiger partial charge in [0.1, 0.15) is 17.4 Å². The summed E-state index contributed by atoms with van der Waals surface area (Å²) in [6.07, 6.45) is -4.03. The molecule has 2 aromatic heterocycles. The Morgan fingerprint density at radius 1 is 1.11 bits per heavy atom. The molecular weight excluding hydrogens is 479 g/mol. The van der Waals surface area contributed by atoms with Crippen molar-refractivity contribution in [3.05, 3.63) is 48.7 Å². The van der Waals surface area contributed by atoms with Gasteiger partial charge < -0.3 is 19.1 Å². The van der Waals surface area contributed by atoms with Gasteiger partial charge in [0.15, 0.2) is 0 Å². The van der Waals surface area contributed by atoms with Crippen LogP contribution >= 0.6 is 0 Å². The molecule has 1 atom stereocenters. The second-order valence-electron chi connectivity index (χ2n) is 8.50. The third-order valence-electron chi connectivity index (χ3n) is 6.16. The molecule has 2 aliphatic rings. The Balaban J connectivity index is 1.19. The first-order chi connectivity index (χ1) is 17.3. The molecule has 190 valence electrons. The van der Waals surface area contributed by atoms with Gasteiger partial charge in [-0.1, -0.05) is 6.07 Å². The lowest BCUT2D eigenvalue weighted by atomic mass is 10.2. The molecule has 12 heteroatoms. The fraction of sp³-hybridized carbons (Fsp3) is 0.375. The third kappa shape index (κ3) is 5.23. The van der Waals surface area contributed by atoms with Crippen LogP contribution in [0.25, 0.3) is 11.0 Å². The number of benzene rings is 1.